The van der Waals surface area contributed by atoms with Gasteiger partial charge in [0, 0.05) is 0 Å². The van der Waals surface area contributed by atoms with Crippen LogP contribution in [0.4, 0.5) is 0 Å². The maximum atomic E-state index is 10.6. The second-order valence-electron chi connectivity index (χ2n) is 8.29. The third-order valence-corrected chi connectivity index (χ3v) is 6.91. The largest absolute Gasteiger partial charge is 0.286 e. The SMILES string of the molecule is O=S(=O)(O)CCCCCCCCCCCCCCCCCCCCCS(=O)(=O)O. The van der Waals surface area contributed by atoms with E-state index < -0.39 is 20.2 Å². The summed E-state index contributed by atoms with van der Waals surface area (Å²) in [5.74, 6) is -0.209. The third-order valence-electron chi connectivity index (χ3n) is 5.30. The standard InChI is InChI=1S/C21H44O6S2/c22-28(23,24)20-18-16-14-12-10-8-6-4-2-1-3-5-7-9-11-13-15-17-19-21-29(25,26)27/h1-21H2,(H,22,23,24)(H,25,26,27). The summed E-state index contributed by atoms with van der Waals surface area (Å²) in [4.78, 5) is 0. The molecule has 0 aromatic heterocycles. The van der Waals surface area contributed by atoms with Crippen LogP contribution >= 0.6 is 0 Å². The molecular formula is C21H44O6S2. The van der Waals surface area contributed by atoms with Crippen molar-refractivity contribution in [3.63, 3.8) is 0 Å². The summed E-state index contributed by atoms with van der Waals surface area (Å²) < 4.78 is 59.6. The monoisotopic (exact) mass is 456 g/mol. The van der Waals surface area contributed by atoms with Gasteiger partial charge < -0.3 is 0 Å². The maximum absolute atomic E-state index is 10.6. The van der Waals surface area contributed by atoms with Crippen LogP contribution in [-0.2, 0) is 20.2 Å². The van der Waals surface area contributed by atoms with Gasteiger partial charge in [0.15, 0.2) is 0 Å². The van der Waals surface area contributed by atoms with Gasteiger partial charge in [-0.2, -0.15) is 16.8 Å². The van der Waals surface area contributed by atoms with Crippen LogP contribution in [0.15, 0.2) is 0 Å². The molecule has 0 radical (unpaired) electrons. The van der Waals surface area contributed by atoms with E-state index in [2.05, 4.69) is 0 Å². The lowest BCUT2D eigenvalue weighted by Crippen LogP contribution is -2.03. The summed E-state index contributed by atoms with van der Waals surface area (Å²) >= 11 is 0. The molecule has 8 heteroatoms. The van der Waals surface area contributed by atoms with Crippen molar-refractivity contribution in [3.8, 4) is 0 Å². The van der Waals surface area contributed by atoms with Gasteiger partial charge in [-0.15, -0.1) is 0 Å². The van der Waals surface area contributed by atoms with Gasteiger partial charge in [0.05, 0.1) is 11.5 Å². The number of rotatable bonds is 22. The lowest BCUT2D eigenvalue weighted by molar-refractivity contribution is 0.476. The van der Waals surface area contributed by atoms with Crippen LogP contribution in [0, 0.1) is 0 Å². The molecule has 0 saturated heterocycles. The molecule has 0 atom stereocenters. The molecule has 2 N–H and O–H groups in total. The van der Waals surface area contributed by atoms with Gasteiger partial charge in [-0.05, 0) is 12.8 Å². The first kappa shape index (κ1) is 28.8. The Morgan fingerprint density at radius 2 is 0.448 bits per heavy atom. The first-order valence-corrected chi connectivity index (χ1v) is 14.8. The van der Waals surface area contributed by atoms with Gasteiger partial charge in [-0.3, -0.25) is 9.11 Å². The van der Waals surface area contributed by atoms with E-state index in [1.165, 1.54) is 70.6 Å². The Morgan fingerprint density at radius 1 is 0.310 bits per heavy atom. The fourth-order valence-corrected chi connectivity index (χ4v) is 4.71. The zero-order chi connectivity index (χ0) is 21.8. The van der Waals surface area contributed by atoms with Crippen molar-refractivity contribution >= 4 is 20.2 Å². The lowest BCUT2D eigenvalue weighted by Gasteiger charge is -2.04. The van der Waals surface area contributed by atoms with E-state index in [1.807, 2.05) is 0 Å². The molecule has 0 aromatic rings. The van der Waals surface area contributed by atoms with Gasteiger partial charge in [0.1, 0.15) is 0 Å². The number of hydrogen-bond donors (Lipinski definition) is 2. The van der Waals surface area contributed by atoms with Gasteiger partial charge >= 0.3 is 0 Å². The minimum Gasteiger partial charge on any atom is -0.286 e. The molecule has 0 amide bonds. The van der Waals surface area contributed by atoms with Crippen molar-refractivity contribution in [2.75, 3.05) is 11.5 Å². The topological polar surface area (TPSA) is 109 Å². The molecule has 0 spiro atoms. The summed E-state index contributed by atoms with van der Waals surface area (Å²) in [5.41, 5.74) is 0. The smallest absolute Gasteiger partial charge is 0.264 e. The number of unbranched alkanes of at least 4 members (excludes halogenated alkanes) is 18. The zero-order valence-electron chi connectivity index (χ0n) is 18.2. The summed E-state index contributed by atoms with van der Waals surface area (Å²) in [6.45, 7) is 0. The van der Waals surface area contributed by atoms with Crippen LogP contribution in [0.1, 0.15) is 122 Å². The highest BCUT2D eigenvalue weighted by molar-refractivity contribution is 7.86. The number of hydrogen-bond acceptors (Lipinski definition) is 4. The van der Waals surface area contributed by atoms with E-state index >= 15 is 0 Å². The van der Waals surface area contributed by atoms with Crippen LogP contribution in [0.3, 0.4) is 0 Å². The lowest BCUT2D eigenvalue weighted by atomic mass is 10.0. The molecule has 0 fully saturated rings. The molecule has 0 aromatic carbocycles. The maximum Gasteiger partial charge on any atom is 0.264 e. The van der Waals surface area contributed by atoms with E-state index in [0.717, 1.165) is 38.5 Å². The second-order valence-corrected chi connectivity index (χ2v) is 11.4. The van der Waals surface area contributed by atoms with E-state index in [9.17, 15) is 16.8 Å². The first-order valence-electron chi connectivity index (χ1n) is 11.6. The molecule has 0 saturated carbocycles. The summed E-state index contributed by atoms with van der Waals surface area (Å²) in [6, 6.07) is 0. The predicted octanol–water partition coefficient (Wildman–Crippen LogP) is 6.17. The minimum atomic E-state index is -3.78. The minimum absolute atomic E-state index is 0.104. The molecule has 0 rings (SSSR count). The molecule has 176 valence electrons. The molecule has 6 nitrogen and oxygen atoms in total. The van der Waals surface area contributed by atoms with Crippen molar-refractivity contribution in [3.05, 3.63) is 0 Å². The van der Waals surface area contributed by atoms with Crippen LogP contribution in [0.2, 0.25) is 0 Å². The Balaban J connectivity index is 3.10. The predicted molar refractivity (Wildman–Crippen MR) is 121 cm³/mol. The van der Waals surface area contributed by atoms with Crippen LogP contribution in [0.5, 0.6) is 0 Å². The van der Waals surface area contributed by atoms with Crippen molar-refractivity contribution in [1.29, 1.82) is 0 Å². The fraction of sp³-hybridized carbons (Fsp3) is 1.00. The third kappa shape index (κ3) is 27.8. The van der Waals surface area contributed by atoms with Crippen LogP contribution < -0.4 is 0 Å². The summed E-state index contributed by atoms with van der Waals surface area (Å²) in [7, 11) is -7.55. The van der Waals surface area contributed by atoms with Crippen LogP contribution in [0.25, 0.3) is 0 Å². The Bertz CT molecular complexity index is 508. The highest BCUT2D eigenvalue weighted by Crippen LogP contribution is 2.14. The first-order chi connectivity index (χ1) is 13.7. The van der Waals surface area contributed by atoms with E-state index in [1.54, 1.807) is 0 Å². The molecule has 0 aliphatic rings. The zero-order valence-corrected chi connectivity index (χ0v) is 19.8. The van der Waals surface area contributed by atoms with Gasteiger partial charge in [0.25, 0.3) is 20.2 Å². The van der Waals surface area contributed by atoms with E-state index in [0.29, 0.717) is 12.8 Å². The van der Waals surface area contributed by atoms with Crippen molar-refractivity contribution in [2.45, 2.75) is 122 Å². The summed E-state index contributed by atoms with van der Waals surface area (Å²) in [5, 5.41) is 0. The molecule has 0 unspecified atom stereocenters. The Hall–Kier alpha value is -0.180. The van der Waals surface area contributed by atoms with Gasteiger partial charge in [-0.1, -0.05) is 109 Å². The van der Waals surface area contributed by atoms with Gasteiger partial charge in [-0.25, -0.2) is 0 Å². The summed E-state index contributed by atoms with van der Waals surface area (Å²) in [6.07, 6.45) is 21.5. The van der Waals surface area contributed by atoms with Gasteiger partial charge in [0.2, 0.25) is 0 Å². The molecule has 0 bridgehead atoms. The van der Waals surface area contributed by atoms with Crippen molar-refractivity contribution < 1.29 is 25.9 Å². The Morgan fingerprint density at radius 3 is 0.586 bits per heavy atom. The molecular weight excluding hydrogens is 412 g/mol. The average molecular weight is 457 g/mol. The highest BCUT2D eigenvalue weighted by Gasteiger charge is 2.03. The van der Waals surface area contributed by atoms with E-state index in [4.69, 9.17) is 9.11 Å². The normalized spacial score (nSPS) is 12.5. The average Bonchev–Trinajstić information content (AvgIpc) is 2.61. The second kappa shape index (κ2) is 18.6. The highest BCUT2D eigenvalue weighted by atomic mass is 32.2. The Kier molecular flexibility index (Phi) is 18.5. The molecule has 0 heterocycles. The molecule has 29 heavy (non-hydrogen) atoms. The fourth-order valence-electron chi connectivity index (χ4n) is 3.57. The molecule has 0 aliphatic heterocycles. The Labute approximate surface area is 179 Å². The van der Waals surface area contributed by atoms with Crippen LogP contribution in [-0.4, -0.2) is 37.4 Å². The van der Waals surface area contributed by atoms with Crippen molar-refractivity contribution in [1.82, 2.24) is 0 Å². The van der Waals surface area contributed by atoms with Crippen molar-refractivity contribution in [2.24, 2.45) is 0 Å². The quantitative estimate of drug-likeness (QED) is 0.149. The van der Waals surface area contributed by atoms with E-state index in [-0.39, 0.29) is 11.5 Å². The molecule has 0 aliphatic carbocycles.